The van der Waals surface area contributed by atoms with Gasteiger partial charge in [-0.15, -0.1) is 11.3 Å². The first-order valence-electron chi connectivity index (χ1n) is 11.6. The molecule has 1 atom stereocenters. The van der Waals surface area contributed by atoms with E-state index < -0.39 is 27.0 Å². The number of thiophene rings is 1. The van der Waals surface area contributed by atoms with Crippen LogP contribution < -0.4 is 20.3 Å². The third kappa shape index (κ3) is 6.22. The van der Waals surface area contributed by atoms with Crippen molar-refractivity contribution in [3.8, 4) is 5.75 Å². The highest BCUT2D eigenvalue weighted by atomic mass is 35.5. The van der Waals surface area contributed by atoms with Gasteiger partial charge in [-0.1, -0.05) is 30.7 Å². The van der Waals surface area contributed by atoms with Gasteiger partial charge in [-0.2, -0.15) is 0 Å². The average Bonchev–Trinajstić information content (AvgIpc) is 3.37. The summed E-state index contributed by atoms with van der Waals surface area (Å²) in [7, 11) is -0.967. The highest BCUT2D eigenvalue weighted by Crippen LogP contribution is 2.36. The normalized spacial score (nSPS) is 12.2. The predicted octanol–water partition coefficient (Wildman–Crippen LogP) is 5.48. The number of sulfonamides is 1. The molecule has 0 aliphatic carbocycles. The molecule has 0 saturated heterocycles. The van der Waals surface area contributed by atoms with Crippen LogP contribution in [0.5, 0.6) is 5.75 Å². The van der Waals surface area contributed by atoms with Crippen molar-refractivity contribution in [1.29, 1.82) is 0 Å². The summed E-state index contributed by atoms with van der Waals surface area (Å²) in [4.78, 5) is 26.2. The van der Waals surface area contributed by atoms with Gasteiger partial charge in [-0.25, -0.2) is 28.3 Å². The lowest BCUT2D eigenvalue weighted by Gasteiger charge is -2.19. The van der Waals surface area contributed by atoms with Gasteiger partial charge in [0.2, 0.25) is 10.0 Å². The van der Waals surface area contributed by atoms with Gasteiger partial charge in [0.1, 0.15) is 17.9 Å². The topological polar surface area (TPSA) is 132 Å². The minimum atomic E-state index is -3.94. The Morgan fingerprint density at radius 1 is 1.15 bits per heavy atom. The second-order valence-corrected chi connectivity index (χ2v) is 11.5. The van der Waals surface area contributed by atoms with Crippen LogP contribution in [0.2, 0.25) is 5.02 Å². The van der Waals surface area contributed by atoms with E-state index in [1.807, 2.05) is 0 Å². The van der Waals surface area contributed by atoms with Crippen molar-refractivity contribution >= 4 is 66.3 Å². The summed E-state index contributed by atoms with van der Waals surface area (Å²) in [6.07, 6.45) is 1.81. The van der Waals surface area contributed by atoms with Crippen molar-refractivity contribution in [2.24, 2.45) is 0 Å². The van der Waals surface area contributed by atoms with Gasteiger partial charge < -0.3 is 10.1 Å². The van der Waals surface area contributed by atoms with E-state index in [9.17, 15) is 17.6 Å². The van der Waals surface area contributed by atoms with E-state index in [0.717, 1.165) is 11.6 Å². The second kappa shape index (κ2) is 12.1. The van der Waals surface area contributed by atoms with Gasteiger partial charge in [0, 0.05) is 5.38 Å². The molecule has 0 saturated carbocycles. The molecule has 0 fully saturated rings. The lowest BCUT2D eigenvalue weighted by molar-refractivity contribution is 0.102. The number of rotatable bonds is 11. The standard InChI is InChI=1S/C25H25ClFN5O5S2/c1-4-16(11-14-5-7-15(36-2)8-6-14)39(34,35)32-19-10-9-18(27)22(20(19)26)30-25(33)17-12-38-23-21(17)28-13-29-24(23)31-37-3/h5-10,12-13,16,32H,4,11H2,1-3H3,(H,30,33)(H,28,29,31). The molecule has 2 heterocycles. The Morgan fingerprint density at radius 2 is 1.90 bits per heavy atom. The highest BCUT2D eigenvalue weighted by molar-refractivity contribution is 7.93. The number of carbonyl (C=O) groups excluding carboxylic acids is 1. The Morgan fingerprint density at radius 3 is 2.56 bits per heavy atom. The zero-order valence-corrected chi connectivity index (χ0v) is 23.5. The van der Waals surface area contributed by atoms with E-state index in [2.05, 4.69) is 25.5 Å². The first-order valence-corrected chi connectivity index (χ1v) is 14.4. The van der Waals surface area contributed by atoms with Gasteiger partial charge in [-0.3, -0.25) is 14.4 Å². The first-order chi connectivity index (χ1) is 18.7. The molecule has 0 radical (unpaired) electrons. The van der Waals surface area contributed by atoms with E-state index in [1.165, 1.54) is 30.8 Å². The number of amides is 1. The first kappa shape index (κ1) is 28.5. The summed E-state index contributed by atoms with van der Waals surface area (Å²) in [5.74, 6) is -0.491. The predicted molar refractivity (Wildman–Crippen MR) is 151 cm³/mol. The largest absolute Gasteiger partial charge is 0.497 e. The molecule has 3 N–H and O–H groups in total. The van der Waals surface area contributed by atoms with Crippen LogP contribution in [-0.4, -0.2) is 43.8 Å². The minimum absolute atomic E-state index is 0.0642. The van der Waals surface area contributed by atoms with E-state index in [4.69, 9.17) is 21.2 Å². The number of hydrogen-bond donors (Lipinski definition) is 3. The zero-order chi connectivity index (χ0) is 28.2. The molecule has 4 rings (SSSR count). The molecular weight excluding hydrogens is 569 g/mol. The van der Waals surface area contributed by atoms with Gasteiger partial charge in [-0.05, 0) is 42.7 Å². The number of halogens is 2. The third-order valence-corrected chi connectivity index (χ3v) is 9.15. The molecule has 2 aromatic heterocycles. The molecule has 1 unspecified atom stereocenters. The lowest BCUT2D eigenvalue weighted by atomic mass is 10.1. The summed E-state index contributed by atoms with van der Waals surface area (Å²) in [6, 6.07) is 9.34. The van der Waals surface area contributed by atoms with Gasteiger partial charge in [0.15, 0.2) is 5.82 Å². The van der Waals surface area contributed by atoms with Crippen molar-refractivity contribution in [3.63, 3.8) is 0 Å². The van der Waals surface area contributed by atoms with Crippen LogP contribution in [0.1, 0.15) is 29.3 Å². The summed E-state index contributed by atoms with van der Waals surface area (Å²) in [5.41, 5.74) is 3.47. The van der Waals surface area contributed by atoms with E-state index in [0.29, 0.717) is 28.2 Å². The number of methoxy groups -OCH3 is 1. The van der Waals surface area contributed by atoms with Gasteiger partial charge in [0.25, 0.3) is 5.91 Å². The monoisotopic (exact) mass is 593 g/mol. The number of anilines is 3. The Hall–Kier alpha value is -3.52. The molecule has 14 heteroatoms. The van der Waals surface area contributed by atoms with Crippen LogP contribution in [-0.2, 0) is 21.3 Å². The van der Waals surface area contributed by atoms with Crippen LogP contribution in [0.15, 0.2) is 48.1 Å². The maximum atomic E-state index is 14.8. The third-order valence-electron chi connectivity index (χ3n) is 5.90. The summed E-state index contributed by atoms with van der Waals surface area (Å²) in [5, 5.41) is 2.90. The van der Waals surface area contributed by atoms with Crippen molar-refractivity contribution in [2.45, 2.75) is 25.0 Å². The maximum Gasteiger partial charge on any atom is 0.258 e. The summed E-state index contributed by atoms with van der Waals surface area (Å²) < 4.78 is 49.4. The molecule has 10 nitrogen and oxygen atoms in total. The van der Waals surface area contributed by atoms with E-state index >= 15 is 0 Å². The van der Waals surface area contributed by atoms with E-state index in [1.54, 1.807) is 43.7 Å². The van der Waals surface area contributed by atoms with Crippen molar-refractivity contribution in [1.82, 2.24) is 9.97 Å². The average molecular weight is 594 g/mol. The Kier molecular flexibility index (Phi) is 8.85. The van der Waals surface area contributed by atoms with Gasteiger partial charge in [0.05, 0.1) is 51.6 Å². The molecule has 2 aromatic carbocycles. The molecule has 0 spiro atoms. The fourth-order valence-electron chi connectivity index (χ4n) is 3.84. The van der Waals surface area contributed by atoms with Crippen molar-refractivity contribution < 1.29 is 27.2 Å². The fraction of sp³-hybridized carbons (Fsp3) is 0.240. The summed E-state index contributed by atoms with van der Waals surface area (Å²) >= 11 is 7.60. The van der Waals surface area contributed by atoms with Crippen LogP contribution in [0.4, 0.5) is 21.6 Å². The van der Waals surface area contributed by atoms with Crippen LogP contribution in [0, 0.1) is 5.82 Å². The Balaban J connectivity index is 1.57. The molecule has 0 aliphatic heterocycles. The number of benzene rings is 2. The van der Waals surface area contributed by atoms with Crippen molar-refractivity contribution in [2.75, 3.05) is 29.7 Å². The number of carbonyl (C=O) groups is 1. The lowest BCUT2D eigenvalue weighted by Crippen LogP contribution is -2.29. The number of ether oxygens (including phenoxy) is 1. The smallest absolute Gasteiger partial charge is 0.258 e. The fourth-order valence-corrected chi connectivity index (χ4v) is 6.58. The molecular formula is C25H25ClFN5O5S2. The Labute approximate surface area is 233 Å². The van der Waals surface area contributed by atoms with Crippen LogP contribution in [0.3, 0.4) is 0 Å². The molecule has 0 bridgehead atoms. The molecule has 0 aliphatic rings. The SMILES string of the molecule is CCC(Cc1ccc(OC)cc1)S(=O)(=O)Nc1ccc(F)c(NC(=O)c2csc3c(NOC)ncnc23)c1Cl. The molecule has 206 valence electrons. The quantitative estimate of drug-likeness (QED) is 0.195. The zero-order valence-electron chi connectivity index (χ0n) is 21.1. The van der Waals surface area contributed by atoms with E-state index in [-0.39, 0.29) is 28.4 Å². The molecule has 1 amide bonds. The van der Waals surface area contributed by atoms with Crippen LogP contribution in [0.25, 0.3) is 10.2 Å². The van der Waals surface area contributed by atoms with Gasteiger partial charge >= 0.3 is 0 Å². The maximum absolute atomic E-state index is 14.8. The second-order valence-electron chi connectivity index (χ2n) is 8.32. The minimum Gasteiger partial charge on any atom is -0.497 e. The van der Waals surface area contributed by atoms with Crippen LogP contribution >= 0.6 is 22.9 Å². The molecule has 4 aromatic rings. The molecule has 39 heavy (non-hydrogen) atoms. The number of aromatic nitrogens is 2. The Bertz CT molecular complexity index is 1600. The number of nitrogens with one attached hydrogen (secondary N) is 3. The highest BCUT2D eigenvalue weighted by Gasteiger charge is 2.27. The number of fused-ring (bicyclic) bond motifs is 1. The summed E-state index contributed by atoms with van der Waals surface area (Å²) in [6.45, 7) is 1.76. The number of hydrogen-bond acceptors (Lipinski definition) is 9. The number of nitrogens with zero attached hydrogens (tertiary/aromatic N) is 2. The van der Waals surface area contributed by atoms with Crippen molar-refractivity contribution in [3.05, 3.63) is 70.1 Å².